The molecule has 84 heavy (non-hydrogen) atoms. The molecule has 8 aromatic rings. The normalized spacial score (nSPS) is 13.0. The summed E-state index contributed by atoms with van der Waals surface area (Å²) in [7, 11) is 5.24. The number of nitro groups is 2. The standard InChI is InChI=1S/C19H21N7O2.C14H14N4O2S.C6H9N3O3.C6H11N3O.C3H7BrO.C3H3N3O2/c1-28-7-6-25-12-15(11-22-25)23-19-21-10-14-8-13(9-20)18(27)26(17(14)24-19)16-4-2-3-5-16;1-21(20)14-16-8-10-6-9(7-15)13(19)18(12(10)17-14)11-4-2-3-5-11;1-12-3-2-8-5-6(4-7-8)9(10)11;1-10-3-2-9-5-6(7)4-8-9;1-5-3-2-4;7-6(8)3-1-4-5-2-3/h8,10-12,16H,2-7H2,1H3,(H,21,23,24);6,8,11H,2-5H2,1H3;4-5H,2-3H2,1H3;4-5H,2-3,7H2,1H3;2-3H2,1H3;1-2H,(H,4,5). The van der Waals surface area contributed by atoms with E-state index in [0.717, 1.165) is 81.7 Å². The van der Waals surface area contributed by atoms with Crippen LogP contribution in [-0.4, -0.2) is 149 Å². The first kappa shape index (κ1) is 66.1. The van der Waals surface area contributed by atoms with E-state index in [-0.39, 0.29) is 50.9 Å². The van der Waals surface area contributed by atoms with Crippen LogP contribution >= 0.6 is 15.9 Å². The summed E-state index contributed by atoms with van der Waals surface area (Å²) in [6, 6.07) is 7.14. The van der Waals surface area contributed by atoms with Crippen molar-refractivity contribution in [3.05, 3.63) is 126 Å². The van der Waals surface area contributed by atoms with Crippen LogP contribution in [0.5, 0.6) is 0 Å². The fourth-order valence-corrected chi connectivity index (χ4v) is 9.05. The molecule has 8 heterocycles. The predicted octanol–water partition coefficient (Wildman–Crippen LogP) is 5.78. The molecular formula is C51H65BrN20O11S. The molecule has 2 fully saturated rings. The number of aromatic amines is 1. The summed E-state index contributed by atoms with van der Waals surface area (Å²) < 4.78 is 39.2. The van der Waals surface area contributed by atoms with Gasteiger partial charge in [0, 0.05) is 87.7 Å². The molecule has 0 spiro atoms. The summed E-state index contributed by atoms with van der Waals surface area (Å²) in [6.45, 7) is 4.48. The zero-order valence-electron chi connectivity index (χ0n) is 46.9. The van der Waals surface area contributed by atoms with Gasteiger partial charge in [-0.3, -0.25) is 62.3 Å². The van der Waals surface area contributed by atoms with Gasteiger partial charge in [0.25, 0.3) is 11.1 Å². The van der Waals surface area contributed by atoms with Gasteiger partial charge in [0.15, 0.2) is 0 Å². The number of rotatable bonds is 18. The van der Waals surface area contributed by atoms with Gasteiger partial charge in [0.2, 0.25) is 11.1 Å². The van der Waals surface area contributed by atoms with Gasteiger partial charge in [0.05, 0.1) is 96.7 Å². The van der Waals surface area contributed by atoms with E-state index in [1.165, 1.54) is 41.8 Å². The number of nitrogens with two attached hydrogens (primary N) is 1. The molecule has 0 amide bonds. The first-order valence-corrected chi connectivity index (χ1v) is 28.6. The van der Waals surface area contributed by atoms with E-state index in [2.05, 4.69) is 71.4 Å². The molecule has 4 N–H and O–H groups in total. The molecule has 0 radical (unpaired) electrons. The summed E-state index contributed by atoms with van der Waals surface area (Å²) in [6.07, 6.45) is 24.5. The lowest BCUT2D eigenvalue weighted by Gasteiger charge is -2.16. The Morgan fingerprint density at radius 1 is 0.702 bits per heavy atom. The maximum atomic E-state index is 12.8. The van der Waals surface area contributed by atoms with Crippen LogP contribution in [0.25, 0.3) is 22.1 Å². The molecule has 8 aromatic heterocycles. The Labute approximate surface area is 491 Å². The Hall–Kier alpha value is -8.73. The summed E-state index contributed by atoms with van der Waals surface area (Å²) >= 11 is 3.18. The number of ether oxygens (including phenoxy) is 4. The van der Waals surface area contributed by atoms with E-state index in [0.29, 0.717) is 66.6 Å². The van der Waals surface area contributed by atoms with Crippen LogP contribution in [0.4, 0.5) is 28.7 Å². The van der Waals surface area contributed by atoms with Crippen molar-refractivity contribution in [2.75, 3.05) is 77.5 Å². The number of nitriles is 2. The SMILES string of the molecule is COCCBr.COCCn1cc(N)cn1.COCCn1cc(Nc2ncc3cc(C#N)c(=O)n(C4CCCC4)c3n2)cn1.COCCn1cc([N+](=O)[O-])cn1.CS(=O)c1ncc2cc(C#N)c(=O)n(C3CCCC3)c2n1.O=[N+]([O-])c1cn[nH]c1. The van der Waals surface area contributed by atoms with Crippen LogP contribution in [-0.2, 0) is 49.4 Å². The summed E-state index contributed by atoms with van der Waals surface area (Å²) in [5, 5.41) is 61.8. The zero-order valence-corrected chi connectivity index (χ0v) is 49.3. The number of fused-ring (bicyclic) bond motifs is 2. The number of alkyl halides is 1. The van der Waals surface area contributed by atoms with Crippen molar-refractivity contribution in [1.82, 2.24) is 68.6 Å². The highest BCUT2D eigenvalue weighted by atomic mass is 79.9. The van der Waals surface area contributed by atoms with Crippen molar-refractivity contribution in [2.45, 2.75) is 88.2 Å². The average Bonchev–Trinajstić information content (AvgIpc) is 1.88. The molecule has 0 bridgehead atoms. The lowest BCUT2D eigenvalue weighted by molar-refractivity contribution is -0.385. The number of nitrogens with zero attached hydrogens (tertiary/aromatic N) is 17. The molecular weight excluding hydrogens is 1180 g/mol. The number of nitrogens with one attached hydrogen (secondary N) is 2. The molecule has 0 aliphatic heterocycles. The fraction of sp³-hybridized carbons (Fsp3) is 0.451. The lowest BCUT2D eigenvalue weighted by Crippen LogP contribution is -2.27. The van der Waals surface area contributed by atoms with E-state index in [1.54, 1.807) is 77.8 Å². The number of hydrogen-bond acceptors (Lipinski definition) is 23. The Morgan fingerprint density at radius 3 is 1.61 bits per heavy atom. The number of methoxy groups -OCH3 is 4. The molecule has 31 nitrogen and oxygen atoms in total. The van der Waals surface area contributed by atoms with Gasteiger partial charge in [-0.15, -0.1) is 0 Å². The highest BCUT2D eigenvalue weighted by Gasteiger charge is 2.24. The average molecular weight is 1250 g/mol. The number of halogens is 1. The number of anilines is 3. The lowest BCUT2D eigenvalue weighted by atomic mass is 10.2. The largest absolute Gasteiger partial charge is 0.396 e. The molecule has 448 valence electrons. The van der Waals surface area contributed by atoms with Gasteiger partial charge in [-0.05, 0) is 37.8 Å². The molecule has 0 aromatic carbocycles. The quantitative estimate of drug-likeness (QED) is 0.0397. The maximum absolute atomic E-state index is 12.8. The third-order valence-corrected chi connectivity index (χ3v) is 13.4. The second-order valence-electron chi connectivity index (χ2n) is 18.2. The van der Waals surface area contributed by atoms with E-state index < -0.39 is 20.6 Å². The van der Waals surface area contributed by atoms with E-state index in [9.17, 15) is 39.3 Å². The Balaban J connectivity index is 0.000000202. The van der Waals surface area contributed by atoms with Crippen LogP contribution in [0.3, 0.4) is 0 Å². The predicted molar refractivity (Wildman–Crippen MR) is 312 cm³/mol. The summed E-state index contributed by atoms with van der Waals surface area (Å²) in [5.74, 6) is 0.384. The van der Waals surface area contributed by atoms with Crippen LogP contribution in [0.1, 0.15) is 74.6 Å². The number of nitrogen functional groups attached to an aromatic ring is 1. The Morgan fingerprint density at radius 2 is 1.19 bits per heavy atom. The Kier molecular flexibility index (Phi) is 27.3. The Bertz CT molecular complexity index is 3600. The number of aromatic nitrogens is 14. The maximum Gasteiger partial charge on any atom is 0.306 e. The van der Waals surface area contributed by atoms with Crippen LogP contribution < -0.4 is 22.2 Å². The zero-order chi connectivity index (χ0) is 61.0. The van der Waals surface area contributed by atoms with Gasteiger partial charge >= 0.3 is 11.4 Å². The number of hydrogen-bond donors (Lipinski definition) is 3. The van der Waals surface area contributed by atoms with Crippen molar-refractivity contribution >= 4 is 77.5 Å². The first-order chi connectivity index (χ1) is 40.6. The first-order valence-electron chi connectivity index (χ1n) is 26.0. The minimum absolute atomic E-state index is 0.00565. The van der Waals surface area contributed by atoms with Crippen molar-refractivity contribution < 1.29 is 33.0 Å². The fourth-order valence-electron chi connectivity index (χ4n) is 8.31. The topological polar surface area (TPSA) is 404 Å². The molecule has 1 atom stereocenters. The minimum Gasteiger partial charge on any atom is -0.396 e. The van der Waals surface area contributed by atoms with Crippen molar-refractivity contribution in [3.8, 4) is 12.1 Å². The summed E-state index contributed by atoms with van der Waals surface area (Å²) in [5.41, 5.74) is 7.53. The smallest absolute Gasteiger partial charge is 0.306 e. The van der Waals surface area contributed by atoms with Crippen LogP contribution in [0, 0.1) is 42.9 Å². The van der Waals surface area contributed by atoms with E-state index in [1.807, 2.05) is 18.3 Å². The highest BCUT2D eigenvalue weighted by Crippen LogP contribution is 2.32. The molecule has 2 aliphatic rings. The van der Waals surface area contributed by atoms with Crippen molar-refractivity contribution in [1.29, 1.82) is 10.5 Å². The summed E-state index contributed by atoms with van der Waals surface area (Å²) in [4.78, 5) is 61.6. The molecule has 2 saturated carbocycles. The van der Waals surface area contributed by atoms with Gasteiger partial charge in [0.1, 0.15) is 53.2 Å². The second kappa shape index (κ2) is 34.7. The van der Waals surface area contributed by atoms with Gasteiger partial charge in [-0.2, -0.15) is 35.9 Å². The van der Waals surface area contributed by atoms with E-state index in [4.69, 9.17) is 25.2 Å². The monoisotopic (exact) mass is 1240 g/mol. The highest BCUT2D eigenvalue weighted by molar-refractivity contribution is 9.09. The van der Waals surface area contributed by atoms with E-state index >= 15 is 0 Å². The van der Waals surface area contributed by atoms with Crippen molar-refractivity contribution in [2.24, 2.45) is 0 Å². The van der Waals surface area contributed by atoms with Crippen LogP contribution in [0.2, 0.25) is 0 Å². The number of H-pyrrole nitrogens is 1. The number of pyridine rings is 2. The second-order valence-corrected chi connectivity index (χ2v) is 20.2. The third-order valence-electron chi connectivity index (χ3n) is 12.3. The molecule has 0 saturated heterocycles. The van der Waals surface area contributed by atoms with Crippen LogP contribution in [0.15, 0.2) is 88.8 Å². The minimum atomic E-state index is -1.31. The van der Waals surface area contributed by atoms with Gasteiger partial charge in [-0.1, -0.05) is 41.6 Å². The third kappa shape index (κ3) is 19.7. The molecule has 1 unspecified atom stereocenters. The van der Waals surface area contributed by atoms with Crippen molar-refractivity contribution in [3.63, 3.8) is 0 Å². The van der Waals surface area contributed by atoms with Gasteiger partial charge in [-0.25, -0.2) is 15.0 Å². The van der Waals surface area contributed by atoms with Gasteiger partial charge < -0.3 is 30.0 Å². The molecule has 10 rings (SSSR count). The molecule has 2 aliphatic carbocycles. The molecule has 33 heteroatoms.